The molecule has 0 spiro atoms. The van der Waals surface area contributed by atoms with E-state index in [2.05, 4.69) is 20.4 Å². The van der Waals surface area contributed by atoms with Crippen molar-refractivity contribution in [1.82, 2.24) is 19.7 Å². The van der Waals surface area contributed by atoms with Crippen LogP contribution in [0.4, 0.5) is 5.95 Å². The predicted octanol–water partition coefficient (Wildman–Crippen LogP) is 2.23. The van der Waals surface area contributed by atoms with Crippen LogP contribution in [0.25, 0.3) is 11.4 Å². The molecule has 0 aliphatic heterocycles. The average Bonchev–Trinajstić information content (AvgIpc) is 2.97. The van der Waals surface area contributed by atoms with E-state index < -0.39 is 0 Å². The normalized spacial score (nSPS) is 12.4. The second kappa shape index (κ2) is 5.31. The molecule has 0 saturated heterocycles. The molecule has 0 fully saturated rings. The molecule has 0 unspecified atom stereocenters. The van der Waals surface area contributed by atoms with Gasteiger partial charge >= 0.3 is 0 Å². The highest BCUT2D eigenvalue weighted by Gasteiger charge is 2.22. The lowest BCUT2D eigenvalue weighted by Crippen LogP contribution is -2.16. The fourth-order valence-electron chi connectivity index (χ4n) is 2.86. The van der Waals surface area contributed by atoms with Crippen molar-refractivity contribution in [2.24, 2.45) is 7.05 Å². The molecule has 1 aromatic carbocycles. The minimum absolute atomic E-state index is 0.216. The number of hydrogen-bond donors (Lipinski definition) is 1. The molecule has 2 aromatic heterocycles. The van der Waals surface area contributed by atoms with Crippen LogP contribution in [0.2, 0.25) is 0 Å². The smallest absolute Gasteiger partial charge is 0.258 e. The highest BCUT2D eigenvalue weighted by Crippen LogP contribution is 2.31. The number of rotatable bonds is 2. The van der Waals surface area contributed by atoms with Crippen molar-refractivity contribution in [3.8, 4) is 11.4 Å². The Hall–Kier alpha value is -3.02. The van der Waals surface area contributed by atoms with Gasteiger partial charge in [-0.05, 0) is 36.1 Å². The molecular formula is C17H15N5O. The summed E-state index contributed by atoms with van der Waals surface area (Å²) in [5.74, 6) is 0.0956. The van der Waals surface area contributed by atoms with Crippen molar-refractivity contribution in [2.45, 2.75) is 12.8 Å². The van der Waals surface area contributed by atoms with E-state index in [9.17, 15) is 4.79 Å². The van der Waals surface area contributed by atoms with Gasteiger partial charge in [-0.1, -0.05) is 18.2 Å². The molecule has 0 atom stereocenters. The molecule has 6 heteroatoms. The minimum Gasteiger partial charge on any atom is -0.290 e. The fourth-order valence-corrected chi connectivity index (χ4v) is 2.86. The molecule has 0 saturated carbocycles. The Morgan fingerprint density at radius 3 is 2.74 bits per heavy atom. The Kier molecular flexibility index (Phi) is 3.15. The summed E-state index contributed by atoms with van der Waals surface area (Å²) in [7, 11) is 1.90. The third-order valence-corrected chi connectivity index (χ3v) is 4.03. The quantitative estimate of drug-likeness (QED) is 0.788. The van der Waals surface area contributed by atoms with Gasteiger partial charge in [0.2, 0.25) is 5.95 Å². The zero-order valence-corrected chi connectivity index (χ0v) is 12.7. The van der Waals surface area contributed by atoms with Gasteiger partial charge in [-0.2, -0.15) is 5.10 Å². The van der Waals surface area contributed by atoms with Gasteiger partial charge < -0.3 is 0 Å². The number of fused-ring (bicyclic) bond motifs is 3. The number of nitrogens with one attached hydrogen (secondary N) is 1. The van der Waals surface area contributed by atoms with Crippen LogP contribution in [-0.4, -0.2) is 25.7 Å². The number of amides is 1. The summed E-state index contributed by atoms with van der Waals surface area (Å²) in [5, 5.41) is 7.06. The summed E-state index contributed by atoms with van der Waals surface area (Å²) in [6.07, 6.45) is 5.50. The fraction of sp³-hybridized carbons (Fsp3) is 0.176. The summed E-state index contributed by atoms with van der Waals surface area (Å²) < 4.78 is 1.82. The molecule has 0 radical (unpaired) electrons. The third-order valence-electron chi connectivity index (χ3n) is 4.03. The summed E-state index contributed by atoms with van der Waals surface area (Å²) in [6.45, 7) is 0. The van der Waals surface area contributed by atoms with E-state index in [4.69, 9.17) is 0 Å². The number of benzene rings is 1. The van der Waals surface area contributed by atoms with Crippen LogP contribution in [0, 0.1) is 0 Å². The minimum atomic E-state index is -0.216. The SMILES string of the molecule is Cn1ncc2c1-c1nc(NC(=O)c3ccccc3)ncc1CC2. The van der Waals surface area contributed by atoms with Crippen LogP contribution < -0.4 is 5.32 Å². The lowest BCUT2D eigenvalue weighted by Gasteiger charge is -2.16. The second-order valence-corrected chi connectivity index (χ2v) is 5.53. The second-order valence-electron chi connectivity index (χ2n) is 5.53. The van der Waals surface area contributed by atoms with Crippen LogP contribution in [0.15, 0.2) is 42.7 Å². The van der Waals surface area contributed by atoms with Crippen molar-refractivity contribution < 1.29 is 4.79 Å². The molecule has 1 amide bonds. The zero-order valence-electron chi connectivity index (χ0n) is 12.7. The van der Waals surface area contributed by atoms with Crippen molar-refractivity contribution in [2.75, 3.05) is 5.32 Å². The summed E-state index contributed by atoms with van der Waals surface area (Å²) >= 11 is 0. The standard InChI is InChI=1S/C17H15N5O/c1-22-15-13(10-19-22)8-7-12-9-18-17(20-14(12)15)21-16(23)11-5-3-2-4-6-11/h2-6,9-10H,7-8H2,1H3,(H,18,20,21,23). The Balaban J connectivity index is 1.68. The lowest BCUT2D eigenvalue weighted by molar-refractivity contribution is 0.102. The lowest BCUT2D eigenvalue weighted by atomic mass is 9.95. The van der Waals surface area contributed by atoms with Gasteiger partial charge in [0.1, 0.15) is 0 Å². The Morgan fingerprint density at radius 1 is 1.13 bits per heavy atom. The van der Waals surface area contributed by atoms with E-state index in [-0.39, 0.29) is 5.91 Å². The van der Waals surface area contributed by atoms with E-state index in [1.807, 2.05) is 36.1 Å². The number of aromatic nitrogens is 4. The zero-order chi connectivity index (χ0) is 15.8. The summed E-state index contributed by atoms with van der Waals surface area (Å²) in [5.41, 5.74) is 4.70. The number of nitrogens with zero attached hydrogens (tertiary/aromatic N) is 4. The molecule has 1 N–H and O–H groups in total. The summed E-state index contributed by atoms with van der Waals surface area (Å²) in [4.78, 5) is 21.1. The van der Waals surface area contributed by atoms with Gasteiger partial charge in [-0.25, -0.2) is 9.97 Å². The molecule has 6 nitrogen and oxygen atoms in total. The van der Waals surface area contributed by atoms with Crippen molar-refractivity contribution >= 4 is 11.9 Å². The maximum absolute atomic E-state index is 12.2. The Bertz CT molecular complexity index is 885. The topological polar surface area (TPSA) is 72.7 Å². The highest BCUT2D eigenvalue weighted by atomic mass is 16.1. The monoisotopic (exact) mass is 305 g/mol. The van der Waals surface area contributed by atoms with Gasteiger partial charge in [0.25, 0.3) is 5.91 Å². The highest BCUT2D eigenvalue weighted by molar-refractivity contribution is 6.03. The Morgan fingerprint density at radius 2 is 1.91 bits per heavy atom. The first-order chi connectivity index (χ1) is 11.2. The molecule has 1 aliphatic carbocycles. The van der Waals surface area contributed by atoms with Crippen LogP contribution in [-0.2, 0) is 19.9 Å². The van der Waals surface area contributed by atoms with E-state index in [1.54, 1.807) is 18.3 Å². The van der Waals surface area contributed by atoms with Gasteiger partial charge in [-0.3, -0.25) is 14.8 Å². The number of carbonyl (C=O) groups is 1. The van der Waals surface area contributed by atoms with Crippen molar-refractivity contribution in [1.29, 1.82) is 0 Å². The van der Waals surface area contributed by atoms with E-state index >= 15 is 0 Å². The van der Waals surface area contributed by atoms with Crippen molar-refractivity contribution in [3.05, 3.63) is 59.4 Å². The van der Waals surface area contributed by atoms with Crippen LogP contribution >= 0.6 is 0 Å². The Labute approximate surface area is 133 Å². The van der Waals surface area contributed by atoms with Crippen LogP contribution in [0.1, 0.15) is 21.5 Å². The molecule has 2 heterocycles. The van der Waals surface area contributed by atoms with Gasteiger partial charge in [0, 0.05) is 18.8 Å². The van der Waals surface area contributed by atoms with Crippen molar-refractivity contribution in [3.63, 3.8) is 0 Å². The molecule has 114 valence electrons. The number of hydrogen-bond acceptors (Lipinski definition) is 4. The first-order valence-electron chi connectivity index (χ1n) is 7.46. The maximum atomic E-state index is 12.2. The third kappa shape index (κ3) is 2.38. The van der Waals surface area contributed by atoms with Crippen LogP contribution in [0.5, 0.6) is 0 Å². The van der Waals surface area contributed by atoms with Crippen LogP contribution in [0.3, 0.4) is 0 Å². The molecule has 23 heavy (non-hydrogen) atoms. The first-order valence-corrected chi connectivity index (χ1v) is 7.46. The molecular weight excluding hydrogens is 290 g/mol. The first kappa shape index (κ1) is 13.6. The van der Waals surface area contributed by atoms with Gasteiger partial charge in [0.15, 0.2) is 0 Å². The van der Waals surface area contributed by atoms with E-state index in [1.165, 1.54) is 5.56 Å². The van der Waals surface area contributed by atoms with E-state index in [0.29, 0.717) is 11.5 Å². The van der Waals surface area contributed by atoms with Gasteiger partial charge in [-0.15, -0.1) is 0 Å². The molecule has 3 aromatic rings. The number of aryl methyl sites for hydroxylation is 3. The largest absolute Gasteiger partial charge is 0.290 e. The predicted molar refractivity (Wildman–Crippen MR) is 86.0 cm³/mol. The molecule has 4 rings (SSSR count). The number of carbonyl (C=O) groups excluding carboxylic acids is 1. The summed E-state index contributed by atoms with van der Waals surface area (Å²) in [6, 6.07) is 9.03. The van der Waals surface area contributed by atoms with Gasteiger partial charge in [0.05, 0.1) is 17.6 Å². The molecule has 0 bridgehead atoms. The van der Waals surface area contributed by atoms with E-state index in [0.717, 1.165) is 29.8 Å². The number of anilines is 1. The maximum Gasteiger partial charge on any atom is 0.258 e. The molecule has 1 aliphatic rings. The average molecular weight is 305 g/mol.